The smallest absolute Gasteiger partial charge is 0.222 e. The normalized spacial score (nSPS) is 17.3. The van der Waals surface area contributed by atoms with E-state index in [-0.39, 0.29) is 16.6 Å². The highest BCUT2D eigenvalue weighted by Crippen LogP contribution is 2.37. The third kappa shape index (κ3) is 2.67. The highest BCUT2D eigenvalue weighted by atomic mass is 35.5. The zero-order valence-corrected chi connectivity index (χ0v) is 12.4. The lowest BCUT2D eigenvalue weighted by Gasteiger charge is -2.15. The van der Waals surface area contributed by atoms with Crippen molar-refractivity contribution >= 4 is 11.6 Å². The van der Waals surface area contributed by atoms with E-state index < -0.39 is 12.2 Å². The Labute approximate surface area is 126 Å². The third-order valence-electron chi connectivity index (χ3n) is 4.04. The molecule has 1 unspecified atom stereocenters. The van der Waals surface area contributed by atoms with Crippen LogP contribution in [0.4, 0.5) is 8.78 Å². The van der Waals surface area contributed by atoms with Gasteiger partial charge in [-0.15, -0.1) is 0 Å². The summed E-state index contributed by atoms with van der Waals surface area (Å²) in [5, 5.41) is 4.08. The number of halogens is 3. The molecule has 0 saturated heterocycles. The fraction of sp³-hybridized carbons (Fsp3) is 0.467. The molecule has 0 bridgehead atoms. The summed E-state index contributed by atoms with van der Waals surface area (Å²) in [6.45, 7) is 1.80. The molecule has 1 atom stereocenters. The van der Waals surface area contributed by atoms with E-state index in [2.05, 4.69) is 10.1 Å². The second-order valence-corrected chi connectivity index (χ2v) is 5.86. The Morgan fingerprint density at radius 2 is 2.00 bits per heavy atom. The van der Waals surface area contributed by atoms with Crippen molar-refractivity contribution in [3.8, 4) is 11.1 Å². The van der Waals surface area contributed by atoms with Crippen LogP contribution in [0.5, 0.6) is 0 Å². The molecule has 2 aromatic heterocycles. The Bertz CT molecular complexity index is 650. The van der Waals surface area contributed by atoms with Crippen LogP contribution in [0.15, 0.2) is 18.3 Å². The number of aryl methyl sites for hydroxylation is 1. The van der Waals surface area contributed by atoms with Gasteiger partial charge in [-0.1, -0.05) is 24.4 Å². The molecule has 2 aromatic rings. The Morgan fingerprint density at radius 1 is 1.29 bits per heavy atom. The maximum Gasteiger partial charge on any atom is 0.222 e. The number of nitrogens with zero attached hydrogens (tertiary/aromatic N) is 3. The minimum absolute atomic E-state index is 0.154. The van der Waals surface area contributed by atoms with Gasteiger partial charge in [0.25, 0.3) is 0 Å². The van der Waals surface area contributed by atoms with Crippen molar-refractivity contribution in [2.45, 2.75) is 38.9 Å². The molecule has 0 aromatic carbocycles. The van der Waals surface area contributed by atoms with E-state index in [1.54, 1.807) is 19.1 Å². The second-order valence-electron chi connectivity index (χ2n) is 5.50. The monoisotopic (exact) mass is 311 g/mol. The van der Waals surface area contributed by atoms with Crippen LogP contribution >= 0.6 is 11.6 Å². The summed E-state index contributed by atoms with van der Waals surface area (Å²) in [7, 11) is 0. The van der Waals surface area contributed by atoms with Crippen molar-refractivity contribution < 1.29 is 8.78 Å². The van der Waals surface area contributed by atoms with Gasteiger partial charge in [0.1, 0.15) is 5.15 Å². The number of hydrogen-bond acceptors (Lipinski definition) is 2. The molecule has 3 rings (SSSR count). The Kier molecular flexibility index (Phi) is 3.93. The molecule has 3 nitrogen and oxygen atoms in total. The van der Waals surface area contributed by atoms with Gasteiger partial charge < -0.3 is 0 Å². The highest BCUT2D eigenvalue weighted by molar-refractivity contribution is 6.32. The van der Waals surface area contributed by atoms with Gasteiger partial charge >= 0.3 is 0 Å². The molecule has 1 aliphatic carbocycles. The predicted octanol–water partition coefficient (Wildman–Crippen LogP) is 4.70. The van der Waals surface area contributed by atoms with E-state index in [1.807, 2.05) is 0 Å². The molecule has 112 valence electrons. The van der Waals surface area contributed by atoms with Gasteiger partial charge in [0.2, 0.25) is 5.95 Å². The minimum atomic E-state index is -1.42. The number of rotatable bonds is 3. The van der Waals surface area contributed by atoms with Crippen LogP contribution in [0.1, 0.15) is 37.7 Å². The Morgan fingerprint density at radius 3 is 2.67 bits per heavy atom. The SMILES string of the molecule is Cc1ccc(-c2cnn(C(F)C3CCCC3)c2F)c(Cl)n1. The third-order valence-corrected chi connectivity index (χ3v) is 4.32. The maximum absolute atomic E-state index is 14.5. The van der Waals surface area contributed by atoms with Crippen LogP contribution in [0.3, 0.4) is 0 Å². The van der Waals surface area contributed by atoms with Gasteiger partial charge in [0.15, 0.2) is 6.30 Å². The lowest BCUT2D eigenvalue weighted by Crippen LogP contribution is -2.16. The van der Waals surface area contributed by atoms with Crippen LogP contribution < -0.4 is 0 Å². The van der Waals surface area contributed by atoms with E-state index in [0.717, 1.165) is 36.1 Å². The Hall–Kier alpha value is -1.49. The molecule has 0 radical (unpaired) electrons. The molecule has 21 heavy (non-hydrogen) atoms. The zero-order chi connectivity index (χ0) is 15.0. The largest absolute Gasteiger partial charge is 0.241 e. The summed E-state index contributed by atoms with van der Waals surface area (Å²) in [6.07, 6.45) is 3.45. The molecule has 0 amide bonds. The van der Waals surface area contributed by atoms with E-state index >= 15 is 0 Å². The average Bonchev–Trinajstić information content (AvgIpc) is 3.08. The molecular weight excluding hydrogens is 296 g/mol. The number of aromatic nitrogens is 3. The standard InChI is InChI=1S/C15H16ClF2N3/c1-9-6-7-11(13(16)20-9)12-8-19-21(15(12)18)14(17)10-4-2-3-5-10/h6-8,10,14H,2-5H2,1H3. The zero-order valence-electron chi connectivity index (χ0n) is 11.7. The summed E-state index contributed by atoms with van der Waals surface area (Å²) in [4.78, 5) is 4.09. The van der Waals surface area contributed by atoms with E-state index in [1.165, 1.54) is 6.20 Å². The summed E-state index contributed by atoms with van der Waals surface area (Å²) in [5.41, 5.74) is 1.36. The molecule has 1 saturated carbocycles. The molecule has 1 fully saturated rings. The quantitative estimate of drug-likeness (QED) is 0.769. The first-order chi connectivity index (χ1) is 10.1. The van der Waals surface area contributed by atoms with Crippen LogP contribution in [0.2, 0.25) is 5.15 Å². The average molecular weight is 312 g/mol. The highest BCUT2D eigenvalue weighted by Gasteiger charge is 2.29. The fourth-order valence-corrected chi connectivity index (χ4v) is 3.16. The maximum atomic E-state index is 14.5. The van der Waals surface area contributed by atoms with Crippen LogP contribution in [-0.4, -0.2) is 14.8 Å². The number of pyridine rings is 1. The first kappa shape index (κ1) is 14.4. The molecule has 1 aliphatic rings. The first-order valence-corrected chi connectivity index (χ1v) is 7.46. The van der Waals surface area contributed by atoms with Gasteiger partial charge in [-0.05, 0) is 31.9 Å². The molecule has 2 heterocycles. The lowest BCUT2D eigenvalue weighted by molar-refractivity contribution is 0.120. The van der Waals surface area contributed by atoms with Crippen LogP contribution in [0.25, 0.3) is 11.1 Å². The summed E-state index contributed by atoms with van der Waals surface area (Å²) >= 11 is 6.04. The van der Waals surface area contributed by atoms with Gasteiger partial charge in [-0.3, -0.25) is 0 Å². The minimum Gasteiger partial charge on any atom is -0.241 e. The van der Waals surface area contributed by atoms with Crippen molar-refractivity contribution in [2.24, 2.45) is 5.92 Å². The number of alkyl halides is 1. The van der Waals surface area contributed by atoms with E-state index in [9.17, 15) is 8.78 Å². The van der Waals surface area contributed by atoms with Gasteiger partial charge in [-0.25, -0.2) is 14.1 Å². The van der Waals surface area contributed by atoms with Gasteiger partial charge in [-0.2, -0.15) is 9.49 Å². The fourth-order valence-electron chi connectivity index (χ4n) is 2.86. The molecular formula is C15H16ClF2N3. The molecule has 6 heteroatoms. The lowest BCUT2D eigenvalue weighted by atomic mass is 10.1. The summed E-state index contributed by atoms with van der Waals surface area (Å²) < 4.78 is 29.7. The first-order valence-electron chi connectivity index (χ1n) is 7.08. The van der Waals surface area contributed by atoms with Crippen molar-refractivity contribution in [3.63, 3.8) is 0 Å². The summed E-state index contributed by atoms with van der Waals surface area (Å²) in [5.74, 6) is -0.846. The van der Waals surface area contributed by atoms with Crippen LogP contribution in [0, 0.1) is 18.8 Å². The van der Waals surface area contributed by atoms with Crippen LogP contribution in [-0.2, 0) is 0 Å². The van der Waals surface area contributed by atoms with Gasteiger partial charge in [0.05, 0.1) is 11.8 Å². The Balaban J connectivity index is 1.95. The summed E-state index contributed by atoms with van der Waals surface area (Å²) in [6, 6.07) is 3.42. The van der Waals surface area contributed by atoms with Crippen molar-refractivity contribution in [1.29, 1.82) is 0 Å². The molecule has 0 spiro atoms. The topological polar surface area (TPSA) is 30.7 Å². The molecule has 0 aliphatic heterocycles. The van der Waals surface area contributed by atoms with E-state index in [0.29, 0.717) is 5.56 Å². The van der Waals surface area contributed by atoms with Crippen molar-refractivity contribution in [3.05, 3.63) is 35.1 Å². The van der Waals surface area contributed by atoms with Crippen molar-refractivity contribution in [1.82, 2.24) is 14.8 Å². The molecule has 0 N–H and O–H groups in total. The van der Waals surface area contributed by atoms with Crippen molar-refractivity contribution in [2.75, 3.05) is 0 Å². The number of hydrogen-bond donors (Lipinski definition) is 0. The van der Waals surface area contributed by atoms with E-state index in [4.69, 9.17) is 11.6 Å². The van der Waals surface area contributed by atoms with Gasteiger partial charge in [0, 0.05) is 17.2 Å². The second kappa shape index (κ2) is 5.72. The predicted molar refractivity (Wildman–Crippen MR) is 77.3 cm³/mol.